The van der Waals surface area contributed by atoms with Crippen molar-refractivity contribution in [1.82, 2.24) is 13.9 Å². The van der Waals surface area contributed by atoms with E-state index in [1.165, 1.54) is 21.3 Å². The van der Waals surface area contributed by atoms with Crippen LogP contribution in [0.1, 0.15) is 20.8 Å². The van der Waals surface area contributed by atoms with Crippen LogP contribution in [0.4, 0.5) is 0 Å². The molecule has 2 rings (SSSR count). The third kappa shape index (κ3) is 2.51. The quantitative estimate of drug-likeness (QED) is 0.897. The molecule has 1 aromatic carbocycles. The standard InChI is InChI=1S/C13H19N3O3S/c1-13(2,3)14-20(18,19)9-6-7-10-11(8-9)16(5)12(17)15(10)4/h6-8,14H,1-5H3. The van der Waals surface area contributed by atoms with Crippen molar-refractivity contribution in [3.8, 4) is 0 Å². The second-order valence-corrected chi connectivity index (χ2v) is 7.59. The SMILES string of the molecule is Cn1c(=O)n(C)c2cc(S(=O)(=O)NC(C)(C)C)ccc21. The number of hydrogen-bond donors (Lipinski definition) is 1. The molecule has 2 aromatic rings. The Morgan fingerprint density at radius 3 is 2.15 bits per heavy atom. The molecule has 6 nitrogen and oxygen atoms in total. The molecular formula is C13H19N3O3S. The first kappa shape index (κ1) is 14.8. The van der Waals surface area contributed by atoms with E-state index in [1.54, 1.807) is 40.9 Å². The number of hydrogen-bond acceptors (Lipinski definition) is 3. The predicted molar refractivity (Wildman–Crippen MR) is 78.2 cm³/mol. The number of sulfonamides is 1. The van der Waals surface area contributed by atoms with E-state index in [0.29, 0.717) is 11.0 Å². The molecule has 1 aromatic heterocycles. The lowest BCUT2D eigenvalue weighted by Gasteiger charge is -2.20. The minimum atomic E-state index is -3.60. The van der Waals surface area contributed by atoms with Crippen molar-refractivity contribution in [2.24, 2.45) is 14.1 Å². The Balaban J connectivity index is 2.64. The number of aromatic nitrogens is 2. The molecule has 0 aliphatic rings. The highest BCUT2D eigenvalue weighted by molar-refractivity contribution is 7.89. The van der Waals surface area contributed by atoms with Crippen LogP contribution in [-0.2, 0) is 24.1 Å². The molecule has 0 radical (unpaired) electrons. The number of benzene rings is 1. The lowest BCUT2D eigenvalue weighted by atomic mass is 10.1. The maximum atomic E-state index is 12.3. The molecule has 0 bridgehead atoms. The minimum absolute atomic E-state index is 0.154. The monoisotopic (exact) mass is 297 g/mol. The summed E-state index contributed by atoms with van der Waals surface area (Å²) in [6.07, 6.45) is 0. The van der Waals surface area contributed by atoms with Crippen molar-refractivity contribution in [2.45, 2.75) is 31.2 Å². The van der Waals surface area contributed by atoms with Crippen molar-refractivity contribution in [2.75, 3.05) is 0 Å². The molecule has 1 heterocycles. The molecule has 20 heavy (non-hydrogen) atoms. The Hall–Kier alpha value is -1.60. The van der Waals surface area contributed by atoms with Gasteiger partial charge in [0.2, 0.25) is 10.0 Å². The highest BCUT2D eigenvalue weighted by Crippen LogP contribution is 2.19. The van der Waals surface area contributed by atoms with Crippen LogP contribution in [0.5, 0.6) is 0 Å². The van der Waals surface area contributed by atoms with Crippen molar-refractivity contribution in [1.29, 1.82) is 0 Å². The summed E-state index contributed by atoms with van der Waals surface area (Å²) in [5.41, 5.74) is 0.552. The second-order valence-electron chi connectivity index (χ2n) is 5.91. The molecule has 0 atom stereocenters. The summed E-state index contributed by atoms with van der Waals surface area (Å²) in [6.45, 7) is 5.34. The van der Waals surface area contributed by atoms with E-state index in [-0.39, 0.29) is 10.6 Å². The number of aryl methyl sites for hydroxylation is 2. The summed E-state index contributed by atoms with van der Waals surface area (Å²) in [5, 5.41) is 0. The third-order valence-corrected chi connectivity index (χ3v) is 4.75. The molecule has 7 heteroatoms. The van der Waals surface area contributed by atoms with E-state index in [4.69, 9.17) is 0 Å². The Morgan fingerprint density at radius 1 is 1.05 bits per heavy atom. The van der Waals surface area contributed by atoms with E-state index in [2.05, 4.69) is 4.72 Å². The number of imidazole rings is 1. The van der Waals surface area contributed by atoms with Crippen LogP contribution in [-0.4, -0.2) is 23.1 Å². The number of nitrogens with one attached hydrogen (secondary N) is 1. The molecule has 0 saturated heterocycles. The van der Waals surface area contributed by atoms with E-state index in [0.717, 1.165) is 0 Å². The topological polar surface area (TPSA) is 73.1 Å². The summed E-state index contributed by atoms with van der Waals surface area (Å²) in [6, 6.07) is 4.68. The van der Waals surface area contributed by atoms with Gasteiger partial charge in [-0.25, -0.2) is 17.9 Å². The van der Waals surface area contributed by atoms with E-state index in [9.17, 15) is 13.2 Å². The maximum Gasteiger partial charge on any atom is 0.328 e. The zero-order valence-corrected chi connectivity index (χ0v) is 13.1. The number of nitrogens with zero attached hydrogens (tertiary/aromatic N) is 2. The Labute approximate surface area is 118 Å². The fraction of sp³-hybridized carbons (Fsp3) is 0.462. The Morgan fingerprint density at radius 2 is 1.60 bits per heavy atom. The van der Waals surface area contributed by atoms with Gasteiger partial charge in [0.1, 0.15) is 0 Å². The first-order chi connectivity index (χ1) is 9.03. The van der Waals surface area contributed by atoms with Crippen molar-refractivity contribution in [3.05, 3.63) is 28.7 Å². The fourth-order valence-corrected chi connectivity index (χ4v) is 3.55. The van der Waals surface area contributed by atoms with Crippen LogP contribution < -0.4 is 10.4 Å². The van der Waals surface area contributed by atoms with E-state index >= 15 is 0 Å². The zero-order chi connectivity index (χ0) is 15.3. The van der Waals surface area contributed by atoms with Gasteiger partial charge in [0.15, 0.2) is 0 Å². The molecule has 0 aliphatic carbocycles. The zero-order valence-electron chi connectivity index (χ0n) is 12.3. The van der Waals surface area contributed by atoms with Gasteiger partial charge in [0.05, 0.1) is 15.9 Å². The largest absolute Gasteiger partial charge is 0.328 e. The molecule has 0 amide bonds. The van der Waals surface area contributed by atoms with Crippen LogP contribution >= 0.6 is 0 Å². The summed E-state index contributed by atoms with van der Waals surface area (Å²) >= 11 is 0. The van der Waals surface area contributed by atoms with Gasteiger partial charge in [-0.2, -0.15) is 0 Å². The van der Waals surface area contributed by atoms with Crippen LogP contribution in [0.25, 0.3) is 11.0 Å². The van der Waals surface area contributed by atoms with Gasteiger partial charge in [-0.05, 0) is 39.0 Å². The molecule has 1 N–H and O–H groups in total. The minimum Gasteiger partial charge on any atom is -0.295 e. The third-order valence-electron chi connectivity index (χ3n) is 2.99. The van der Waals surface area contributed by atoms with E-state index < -0.39 is 15.6 Å². The smallest absolute Gasteiger partial charge is 0.295 e. The number of fused-ring (bicyclic) bond motifs is 1. The van der Waals surface area contributed by atoms with Gasteiger partial charge in [-0.1, -0.05) is 0 Å². The van der Waals surface area contributed by atoms with Gasteiger partial charge in [-0.3, -0.25) is 9.13 Å². The average molecular weight is 297 g/mol. The normalized spacial score (nSPS) is 13.1. The van der Waals surface area contributed by atoms with Crippen LogP contribution in [0.3, 0.4) is 0 Å². The molecule has 0 unspecified atom stereocenters. The highest BCUT2D eigenvalue weighted by Gasteiger charge is 2.23. The van der Waals surface area contributed by atoms with Crippen molar-refractivity contribution < 1.29 is 8.42 Å². The first-order valence-electron chi connectivity index (χ1n) is 6.22. The number of rotatable bonds is 2. The summed E-state index contributed by atoms with van der Waals surface area (Å²) < 4.78 is 30.1. The van der Waals surface area contributed by atoms with Crippen LogP contribution in [0.2, 0.25) is 0 Å². The molecule has 0 saturated carbocycles. The summed E-state index contributed by atoms with van der Waals surface area (Å²) in [7, 11) is -0.322. The van der Waals surface area contributed by atoms with Gasteiger partial charge in [0, 0.05) is 19.6 Å². The van der Waals surface area contributed by atoms with Gasteiger partial charge < -0.3 is 0 Å². The molecular weight excluding hydrogens is 278 g/mol. The Bertz CT molecular complexity index is 823. The van der Waals surface area contributed by atoms with Crippen molar-refractivity contribution >= 4 is 21.1 Å². The molecule has 110 valence electrons. The lowest BCUT2D eigenvalue weighted by molar-refractivity contribution is 0.491. The highest BCUT2D eigenvalue weighted by atomic mass is 32.2. The molecule has 0 spiro atoms. The first-order valence-corrected chi connectivity index (χ1v) is 7.71. The summed E-state index contributed by atoms with van der Waals surface area (Å²) in [5.74, 6) is 0. The van der Waals surface area contributed by atoms with Crippen LogP contribution in [0, 0.1) is 0 Å². The second kappa shape index (κ2) is 4.46. The van der Waals surface area contributed by atoms with E-state index in [1.807, 2.05) is 0 Å². The molecule has 0 fully saturated rings. The average Bonchev–Trinajstić information content (AvgIpc) is 2.51. The predicted octanol–water partition coefficient (Wildman–Crippen LogP) is 0.954. The molecule has 0 aliphatic heterocycles. The maximum absolute atomic E-state index is 12.3. The van der Waals surface area contributed by atoms with Crippen molar-refractivity contribution in [3.63, 3.8) is 0 Å². The summed E-state index contributed by atoms with van der Waals surface area (Å²) in [4.78, 5) is 12.0. The lowest BCUT2D eigenvalue weighted by Crippen LogP contribution is -2.40. The fourth-order valence-electron chi connectivity index (χ4n) is 2.12. The van der Waals surface area contributed by atoms with Gasteiger partial charge in [-0.15, -0.1) is 0 Å². The Kier molecular flexibility index (Phi) is 3.30. The van der Waals surface area contributed by atoms with Crippen LogP contribution in [0.15, 0.2) is 27.9 Å². The van der Waals surface area contributed by atoms with Gasteiger partial charge in [0.25, 0.3) is 0 Å². The van der Waals surface area contributed by atoms with Gasteiger partial charge >= 0.3 is 5.69 Å².